The first-order valence-corrected chi connectivity index (χ1v) is 12.2. The van der Waals surface area contributed by atoms with Crippen molar-refractivity contribution in [2.24, 2.45) is 13.0 Å². The summed E-state index contributed by atoms with van der Waals surface area (Å²) in [5.74, 6) is 2.70. The topological polar surface area (TPSA) is 78.3 Å². The Balaban J connectivity index is 1.41. The molecule has 1 N–H and O–H groups in total. The molecule has 0 fully saturated rings. The smallest absolute Gasteiger partial charge is 0.230 e. The van der Waals surface area contributed by atoms with Gasteiger partial charge in [0.2, 0.25) is 5.91 Å². The quantitative estimate of drug-likeness (QED) is 0.515. The lowest BCUT2D eigenvalue weighted by Crippen LogP contribution is -2.33. The molecule has 1 atom stereocenters. The molecule has 0 spiro atoms. The van der Waals surface area contributed by atoms with Crippen molar-refractivity contribution >= 4 is 17.7 Å². The van der Waals surface area contributed by atoms with E-state index < -0.39 is 0 Å². The standard InChI is InChI=1S/C25H30N4O3S/c1-16(2)23(19-10-11-20-21(14-19)32-13-5-12-31-20)26-22(30)15-33-25-28-27-24(29(25)4)18-8-6-17(3)7-9-18/h6-11,14,16,23H,5,12-13,15H2,1-4H3,(H,26,30)/t23-/m0/s1. The zero-order chi connectivity index (χ0) is 23.4. The first-order valence-electron chi connectivity index (χ1n) is 11.2. The second kappa shape index (κ2) is 10.3. The fourth-order valence-electron chi connectivity index (χ4n) is 3.75. The molecular formula is C25H30N4O3S. The van der Waals surface area contributed by atoms with Crippen molar-refractivity contribution in [2.45, 2.75) is 38.4 Å². The Bertz CT molecular complexity index is 1110. The number of hydrogen-bond acceptors (Lipinski definition) is 6. The van der Waals surface area contributed by atoms with E-state index in [9.17, 15) is 4.79 Å². The number of amides is 1. The number of hydrogen-bond donors (Lipinski definition) is 1. The Labute approximate surface area is 198 Å². The van der Waals surface area contributed by atoms with Crippen molar-refractivity contribution in [1.29, 1.82) is 0 Å². The van der Waals surface area contributed by atoms with Gasteiger partial charge in [0.1, 0.15) is 0 Å². The highest BCUT2D eigenvalue weighted by atomic mass is 32.2. The number of fused-ring (bicyclic) bond motifs is 1. The minimum Gasteiger partial charge on any atom is -0.490 e. The zero-order valence-corrected chi connectivity index (χ0v) is 20.3. The predicted octanol–water partition coefficient (Wildman–Crippen LogP) is 4.56. The lowest BCUT2D eigenvalue weighted by Gasteiger charge is -2.24. The number of rotatable bonds is 7. The summed E-state index contributed by atoms with van der Waals surface area (Å²) in [5, 5.41) is 12.5. The molecule has 1 aliphatic rings. The maximum absolute atomic E-state index is 12.8. The number of nitrogens with one attached hydrogen (secondary N) is 1. The molecule has 0 aliphatic carbocycles. The highest BCUT2D eigenvalue weighted by molar-refractivity contribution is 7.99. The molecule has 0 bridgehead atoms. The Morgan fingerprint density at radius 1 is 1.09 bits per heavy atom. The van der Waals surface area contributed by atoms with E-state index in [-0.39, 0.29) is 23.6 Å². The van der Waals surface area contributed by atoms with Crippen LogP contribution >= 0.6 is 11.8 Å². The maximum Gasteiger partial charge on any atom is 0.230 e. The van der Waals surface area contributed by atoms with Crippen LogP contribution in [0, 0.1) is 12.8 Å². The molecule has 2 aromatic carbocycles. The number of nitrogens with zero attached hydrogens (tertiary/aromatic N) is 3. The van der Waals surface area contributed by atoms with Gasteiger partial charge in [-0.15, -0.1) is 10.2 Å². The summed E-state index contributed by atoms with van der Waals surface area (Å²) in [5.41, 5.74) is 3.20. The van der Waals surface area contributed by atoms with Crippen LogP contribution in [0.1, 0.15) is 37.4 Å². The average Bonchev–Trinajstić information content (AvgIpc) is 3.01. The van der Waals surface area contributed by atoms with Crippen molar-refractivity contribution in [3.63, 3.8) is 0 Å². The molecule has 174 valence electrons. The SMILES string of the molecule is Cc1ccc(-c2nnc(SCC(=O)N[C@H](c3ccc4c(c3)OCCCO4)C(C)C)n2C)cc1. The molecule has 3 aromatic rings. The van der Waals surface area contributed by atoms with E-state index in [4.69, 9.17) is 9.47 Å². The van der Waals surface area contributed by atoms with E-state index in [1.807, 2.05) is 41.9 Å². The van der Waals surface area contributed by atoms with Crippen molar-refractivity contribution in [3.05, 3.63) is 53.6 Å². The van der Waals surface area contributed by atoms with Crippen LogP contribution < -0.4 is 14.8 Å². The third-order valence-electron chi connectivity index (χ3n) is 5.59. The molecule has 1 aliphatic heterocycles. The van der Waals surface area contributed by atoms with Gasteiger partial charge in [-0.2, -0.15) is 0 Å². The molecule has 0 unspecified atom stereocenters. The first-order chi connectivity index (χ1) is 15.9. The minimum absolute atomic E-state index is 0.0503. The van der Waals surface area contributed by atoms with Crippen molar-refractivity contribution < 1.29 is 14.3 Å². The van der Waals surface area contributed by atoms with Gasteiger partial charge < -0.3 is 19.4 Å². The van der Waals surface area contributed by atoms with E-state index in [0.29, 0.717) is 18.4 Å². The van der Waals surface area contributed by atoms with E-state index in [0.717, 1.165) is 34.9 Å². The fourth-order valence-corrected chi connectivity index (χ4v) is 4.47. The van der Waals surface area contributed by atoms with Crippen LogP contribution in [0.4, 0.5) is 0 Å². The van der Waals surface area contributed by atoms with Crippen LogP contribution in [-0.2, 0) is 11.8 Å². The Hall–Kier alpha value is -3.00. The van der Waals surface area contributed by atoms with Crippen molar-refractivity contribution in [2.75, 3.05) is 19.0 Å². The second-order valence-electron chi connectivity index (χ2n) is 8.57. The zero-order valence-electron chi connectivity index (χ0n) is 19.5. The number of aryl methyl sites for hydroxylation is 1. The van der Waals surface area contributed by atoms with Gasteiger partial charge in [0.05, 0.1) is 25.0 Å². The summed E-state index contributed by atoms with van der Waals surface area (Å²) in [6.07, 6.45) is 0.860. The Morgan fingerprint density at radius 2 is 1.82 bits per heavy atom. The lowest BCUT2D eigenvalue weighted by molar-refractivity contribution is -0.119. The normalized spacial score (nSPS) is 14.1. The van der Waals surface area contributed by atoms with Gasteiger partial charge in [-0.1, -0.05) is 61.5 Å². The summed E-state index contributed by atoms with van der Waals surface area (Å²) in [6.45, 7) is 7.53. The lowest BCUT2D eigenvalue weighted by atomic mass is 9.95. The number of carbonyl (C=O) groups is 1. The number of ether oxygens (including phenoxy) is 2. The monoisotopic (exact) mass is 466 g/mol. The van der Waals surface area contributed by atoms with E-state index >= 15 is 0 Å². The van der Waals surface area contributed by atoms with Gasteiger partial charge in [0.25, 0.3) is 0 Å². The van der Waals surface area contributed by atoms with Gasteiger partial charge in [0, 0.05) is 19.0 Å². The minimum atomic E-state index is -0.127. The third kappa shape index (κ3) is 5.50. The molecular weight excluding hydrogens is 436 g/mol. The van der Waals surface area contributed by atoms with E-state index in [1.54, 1.807) is 0 Å². The molecule has 2 heterocycles. The van der Waals surface area contributed by atoms with Gasteiger partial charge in [-0.25, -0.2) is 0 Å². The summed E-state index contributed by atoms with van der Waals surface area (Å²) in [7, 11) is 1.92. The predicted molar refractivity (Wildman–Crippen MR) is 130 cm³/mol. The van der Waals surface area contributed by atoms with Gasteiger partial charge in [-0.3, -0.25) is 4.79 Å². The number of carbonyl (C=O) groups excluding carboxylic acids is 1. The summed E-state index contributed by atoms with van der Waals surface area (Å²) < 4.78 is 13.5. The second-order valence-corrected chi connectivity index (χ2v) is 9.51. The number of benzene rings is 2. The van der Waals surface area contributed by atoms with Gasteiger partial charge in [0.15, 0.2) is 22.5 Å². The molecule has 1 aromatic heterocycles. The molecule has 0 radical (unpaired) electrons. The highest BCUT2D eigenvalue weighted by Gasteiger charge is 2.22. The summed E-state index contributed by atoms with van der Waals surface area (Å²) >= 11 is 1.38. The number of thioether (sulfide) groups is 1. The molecule has 0 saturated carbocycles. The largest absolute Gasteiger partial charge is 0.490 e. The summed E-state index contributed by atoms with van der Waals surface area (Å²) in [4.78, 5) is 12.8. The van der Waals surface area contributed by atoms with Crippen LogP contribution in [0.3, 0.4) is 0 Å². The number of aromatic nitrogens is 3. The Morgan fingerprint density at radius 3 is 2.55 bits per heavy atom. The van der Waals surface area contributed by atoms with E-state index in [1.165, 1.54) is 17.3 Å². The molecule has 8 heteroatoms. The van der Waals surface area contributed by atoms with Crippen LogP contribution in [0.2, 0.25) is 0 Å². The van der Waals surface area contributed by atoms with Crippen LogP contribution in [0.5, 0.6) is 11.5 Å². The third-order valence-corrected chi connectivity index (χ3v) is 6.61. The van der Waals surface area contributed by atoms with Crippen LogP contribution in [0.15, 0.2) is 47.6 Å². The maximum atomic E-state index is 12.8. The molecule has 4 rings (SSSR count). The van der Waals surface area contributed by atoms with Crippen LogP contribution in [0.25, 0.3) is 11.4 Å². The fraction of sp³-hybridized carbons (Fsp3) is 0.400. The van der Waals surface area contributed by atoms with Gasteiger partial charge in [-0.05, 0) is 30.5 Å². The Kier molecular flexibility index (Phi) is 7.23. The van der Waals surface area contributed by atoms with Crippen LogP contribution in [-0.4, -0.2) is 39.6 Å². The summed E-state index contributed by atoms with van der Waals surface area (Å²) in [6, 6.07) is 14.0. The van der Waals surface area contributed by atoms with Crippen molar-refractivity contribution in [1.82, 2.24) is 20.1 Å². The van der Waals surface area contributed by atoms with E-state index in [2.05, 4.69) is 48.4 Å². The van der Waals surface area contributed by atoms with Gasteiger partial charge >= 0.3 is 0 Å². The van der Waals surface area contributed by atoms with Crippen molar-refractivity contribution in [3.8, 4) is 22.9 Å². The molecule has 1 amide bonds. The molecule has 33 heavy (non-hydrogen) atoms. The molecule has 0 saturated heterocycles. The average molecular weight is 467 g/mol. The first kappa shape index (κ1) is 23.2. The molecule has 7 nitrogen and oxygen atoms in total. The highest BCUT2D eigenvalue weighted by Crippen LogP contribution is 2.34.